The Kier molecular flexibility index (Phi) is 3.42. The van der Waals surface area contributed by atoms with Crippen LogP contribution in [0.2, 0.25) is 0 Å². The summed E-state index contributed by atoms with van der Waals surface area (Å²) in [5.41, 5.74) is 3.07. The van der Waals surface area contributed by atoms with Crippen molar-refractivity contribution in [1.29, 1.82) is 5.26 Å². The van der Waals surface area contributed by atoms with Crippen LogP contribution < -0.4 is 0 Å². The summed E-state index contributed by atoms with van der Waals surface area (Å²) in [7, 11) is 0. The highest BCUT2D eigenvalue weighted by atomic mass is 16.3. The standard InChI is InChI=1S/C15H13NO/c16-10-9-12-5-7-13(8-6-12)11-14-3-1-2-4-15(14)17/h1-8,17H,9,11H2. The SMILES string of the molecule is N#CCc1ccc(Cc2ccccc2O)cc1. The molecule has 2 nitrogen and oxygen atoms in total. The number of aromatic hydroxyl groups is 1. The summed E-state index contributed by atoms with van der Waals surface area (Å²) in [4.78, 5) is 0. The first-order valence-corrected chi connectivity index (χ1v) is 5.51. The quantitative estimate of drug-likeness (QED) is 0.869. The van der Waals surface area contributed by atoms with E-state index in [0.29, 0.717) is 18.6 Å². The van der Waals surface area contributed by atoms with Crippen molar-refractivity contribution in [3.63, 3.8) is 0 Å². The predicted molar refractivity (Wildman–Crippen MR) is 66.7 cm³/mol. The molecule has 0 aromatic heterocycles. The van der Waals surface area contributed by atoms with Crippen LogP contribution in [0.3, 0.4) is 0 Å². The first-order valence-electron chi connectivity index (χ1n) is 5.51. The number of phenolic OH excluding ortho intramolecular Hbond substituents is 1. The minimum atomic E-state index is 0.327. The highest BCUT2D eigenvalue weighted by molar-refractivity contribution is 5.37. The van der Waals surface area contributed by atoms with Gasteiger partial charge >= 0.3 is 0 Å². The normalized spacial score (nSPS) is 9.82. The zero-order valence-electron chi connectivity index (χ0n) is 9.43. The Labute approximate surface area is 101 Å². The van der Waals surface area contributed by atoms with Crippen LogP contribution in [0.1, 0.15) is 16.7 Å². The van der Waals surface area contributed by atoms with E-state index in [1.165, 1.54) is 0 Å². The summed E-state index contributed by atoms with van der Waals surface area (Å²) in [6.45, 7) is 0. The van der Waals surface area contributed by atoms with Gasteiger partial charge in [0.25, 0.3) is 0 Å². The number of para-hydroxylation sites is 1. The molecule has 0 aliphatic heterocycles. The van der Waals surface area contributed by atoms with Gasteiger partial charge in [-0.3, -0.25) is 0 Å². The smallest absolute Gasteiger partial charge is 0.119 e. The highest BCUT2D eigenvalue weighted by Crippen LogP contribution is 2.19. The van der Waals surface area contributed by atoms with Gasteiger partial charge in [0.05, 0.1) is 12.5 Å². The number of benzene rings is 2. The van der Waals surface area contributed by atoms with Gasteiger partial charge in [-0.1, -0.05) is 42.5 Å². The van der Waals surface area contributed by atoms with Crippen LogP contribution in [0, 0.1) is 11.3 Å². The average Bonchev–Trinajstić information content (AvgIpc) is 2.35. The van der Waals surface area contributed by atoms with Gasteiger partial charge in [-0.15, -0.1) is 0 Å². The van der Waals surface area contributed by atoms with E-state index >= 15 is 0 Å². The fourth-order valence-electron chi connectivity index (χ4n) is 1.75. The van der Waals surface area contributed by atoms with Gasteiger partial charge in [0.15, 0.2) is 0 Å². The van der Waals surface area contributed by atoms with Gasteiger partial charge in [0.2, 0.25) is 0 Å². The lowest BCUT2D eigenvalue weighted by Gasteiger charge is -2.05. The van der Waals surface area contributed by atoms with E-state index in [1.807, 2.05) is 42.5 Å². The molecule has 1 N–H and O–H groups in total. The maximum absolute atomic E-state index is 9.67. The molecule has 0 fully saturated rings. The molecule has 0 heterocycles. The first-order chi connectivity index (χ1) is 8.29. The molecule has 0 bridgehead atoms. The molecule has 0 saturated heterocycles. The van der Waals surface area contributed by atoms with Crippen LogP contribution >= 0.6 is 0 Å². The van der Waals surface area contributed by atoms with Crippen LogP contribution in [-0.4, -0.2) is 5.11 Å². The minimum Gasteiger partial charge on any atom is -0.508 e. The fraction of sp³-hybridized carbons (Fsp3) is 0.133. The molecule has 0 atom stereocenters. The number of nitrogens with zero attached hydrogens (tertiary/aromatic N) is 1. The van der Waals surface area contributed by atoms with Crippen molar-refractivity contribution in [3.05, 3.63) is 65.2 Å². The number of hydrogen-bond acceptors (Lipinski definition) is 2. The molecule has 0 spiro atoms. The molecule has 17 heavy (non-hydrogen) atoms. The summed E-state index contributed by atoms with van der Waals surface area (Å²) >= 11 is 0. The molecule has 0 unspecified atom stereocenters. The van der Waals surface area contributed by atoms with E-state index in [1.54, 1.807) is 6.07 Å². The summed E-state index contributed by atoms with van der Waals surface area (Å²) < 4.78 is 0. The maximum atomic E-state index is 9.67. The van der Waals surface area contributed by atoms with Crippen molar-refractivity contribution in [3.8, 4) is 11.8 Å². The third kappa shape index (κ3) is 2.85. The Balaban J connectivity index is 2.15. The van der Waals surface area contributed by atoms with Gasteiger partial charge in [0.1, 0.15) is 5.75 Å². The first kappa shape index (κ1) is 11.2. The van der Waals surface area contributed by atoms with E-state index < -0.39 is 0 Å². The fourth-order valence-corrected chi connectivity index (χ4v) is 1.75. The van der Waals surface area contributed by atoms with E-state index in [4.69, 9.17) is 5.26 Å². The molecule has 2 rings (SSSR count). The van der Waals surface area contributed by atoms with Crippen LogP contribution in [0.25, 0.3) is 0 Å². The Hall–Kier alpha value is -2.27. The van der Waals surface area contributed by atoms with E-state index in [2.05, 4.69) is 6.07 Å². The summed E-state index contributed by atoms with van der Waals surface area (Å²) in [5, 5.41) is 18.2. The molecule has 0 aliphatic carbocycles. The van der Waals surface area contributed by atoms with Crippen molar-refractivity contribution >= 4 is 0 Å². The third-order valence-corrected chi connectivity index (χ3v) is 2.69. The van der Waals surface area contributed by atoms with Gasteiger partial charge in [-0.05, 0) is 22.8 Å². The lowest BCUT2D eigenvalue weighted by molar-refractivity contribution is 0.469. The molecule has 2 aromatic rings. The number of hydrogen-bond donors (Lipinski definition) is 1. The second-order valence-corrected chi connectivity index (χ2v) is 3.96. The van der Waals surface area contributed by atoms with Gasteiger partial charge in [-0.2, -0.15) is 5.26 Å². The molecular formula is C15H13NO. The summed E-state index contributed by atoms with van der Waals surface area (Å²) in [6, 6.07) is 17.4. The van der Waals surface area contributed by atoms with E-state index in [9.17, 15) is 5.11 Å². The van der Waals surface area contributed by atoms with Crippen molar-refractivity contribution in [2.75, 3.05) is 0 Å². The van der Waals surface area contributed by atoms with Crippen LogP contribution in [0.4, 0.5) is 0 Å². The Morgan fingerprint density at radius 2 is 1.59 bits per heavy atom. The van der Waals surface area contributed by atoms with E-state index in [0.717, 1.165) is 16.7 Å². The van der Waals surface area contributed by atoms with Gasteiger partial charge in [0, 0.05) is 6.42 Å². The third-order valence-electron chi connectivity index (χ3n) is 2.69. The second kappa shape index (κ2) is 5.18. The maximum Gasteiger partial charge on any atom is 0.119 e. The van der Waals surface area contributed by atoms with Crippen molar-refractivity contribution in [2.45, 2.75) is 12.8 Å². The second-order valence-electron chi connectivity index (χ2n) is 3.96. The van der Waals surface area contributed by atoms with Crippen LogP contribution in [0.15, 0.2) is 48.5 Å². The number of rotatable bonds is 3. The Morgan fingerprint density at radius 1 is 0.941 bits per heavy atom. The predicted octanol–water partition coefficient (Wildman–Crippen LogP) is 3.05. The lowest BCUT2D eigenvalue weighted by Crippen LogP contribution is -1.89. The van der Waals surface area contributed by atoms with Gasteiger partial charge in [-0.25, -0.2) is 0 Å². The summed E-state index contributed by atoms with van der Waals surface area (Å²) in [6.07, 6.45) is 1.15. The topological polar surface area (TPSA) is 44.0 Å². The number of phenols is 1. The molecule has 0 amide bonds. The van der Waals surface area contributed by atoms with Gasteiger partial charge < -0.3 is 5.11 Å². The zero-order valence-corrected chi connectivity index (χ0v) is 9.43. The molecule has 2 heteroatoms. The average molecular weight is 223 g/mol. The zero-order chi connectivity index (χ0) is 12.1. The monoisotopic (exact) mass is 223 g/mol. The minimum absolute atomic E-state index is 0.327. The van der Waals surface area contributed by atoms with Crippen molar-refractivity contribution in [2.24, 2.45) is 0 Å². The lowest BCUT2D eigenvalue weighted by atomic mass is 10.0. The number of nitriles is 1. The molecular weight excluding hydrogens is 210 g/mol. The van der Waals surface area contributed by atoms with Crippen LogP contribution in [-0.2, 0) is 12.8 Å². The van der Waals surface area contributed by atoms with Crippen molar-refractivity contribution in [1.82, 2.24) is 0 Å². The van der Waals surface area contributed by atoms with E-state index in [-0.39, 0.29) is 0 Å². The Bertz CT molecular complexity index is 538. The molecule has 2 aromatic carbocycles. The molecule has 0 radical (unpaired) electrons. The molecule has 0 saturated carbocycles. The largest absolute Gasteiger partial charge is 0.508 e. The Morgan fingerprint density at radius 3 is 2.24 bits per heavy atom. The van der Waals surface area contributed by atoms with Crippen LogP contribution in [0.5, 0.6) is 5.75 Å². The molecule has 84 valence electrons. The van der Waals surface area contributed by atoms with Crippen molar-refractivity contribution < 1.29 is 5.11 Å². The molecule has 0 aliphatic rings. The highest BCUT2D eigenvalue weighted by Gasteiger charge is 2.01. The summed E-state index contributed by atoms with van der Waals surface area (Å²) in [5.74, 6) is 0.327.